The van der Waals surface area contributed by atoms with Crippen LogP contribution in [0.3, 0.4) is 0 Å². The summed E-state index contributed by atoms with van der Waals surface area (Å²) in [6, 6.07) is 9.27. The fraction of sp³-hybridized carbons (Fsp3) is 0.263. The number of nitrogens with zero attached hydrogens (tertiary/aromatic N) is 5. The van der Waals surface area contributed by atoms with Crippen molar-refractivity contribution in [2.75, 3.05) is 19.7 Å². The zero-order chi connectivity index (χ0) is 18.4. The van der Waals surface area contributed by atoms with Gasteiger partial charge in [-0.15, -0.1) is 0 Å². The van der Waals surface area contributed by atoms with Crippen LogP contribution in [0.15, 0.2) is 47.3 Å². The van der Waals surface area contributed by atoms with Crippen molar-refractivity contribution in [1.29, 1.82) is 0 Å². The monoisotopic (exact) mass is 363 g/mol. The van der Waals surface area contributed by atoms with Crippen LogP contribution < -0.4 is 0 Å². The summed E-state index contributed by atoms with van der Waals surface area (Å²) in [4.78, 5) is 23.3. The van der Waals surface area contributed by atoms with Crippen LogP contribution >= 0.6 is 0 Å². The Morgan fingerprint density at radius 1 is 1.26 bits per heavy atom. The highest BCUT2D eigenvalue weighted by molar-refractivity contribution is 5.97. The van der Waals surface area contributed by atoms with E-state index in [1.807, 2.05) is 36.1 Å². The summed E-state index contributed by atoms with van der Waals surface area (Å²) in [5.74, 6) is 0.509. The molecule has 5 rings (SSSR count). The Morgan fingerprint density at radius 2 is 2.19 bits per heavy atom. The van der Waals surface area contributed by atoms with Crippen molar-refractivity contribution < 1.29 is 13.9 Å². The van der Waals surface area contributed by atoms with Gasteiger partial charge in [0.1, 0.15) is 18.0 Å². The smallest absolute Gasteiger partial charge is 0.254 e. The highest BCUT2D eigenvalue weighted by Gasteiger charge is 2.28. The van der Waals surface area contributed by atoms with Gasteiger partial charge in [0, 0.05) is 23.2 Å². The molecule has 8 heteroatoms. The number of benzene rings is 1. The zero-order valence-corrected chi connectivity index (χ0v) is 14.7. The lowest BCUT2D eigenvalue weighted by Gasteiger charge is -2.33. The van der Waals surface area contributed by atoms with E-state index in [9.17, 15) is 4.79 Å². The maximum absolute atomic E-state index is 13.0. The van der Waals surface area contributed by atoms with E-state index in [1.165, 1.54) is 6.33 Å². The number of fused-ring (bicyclic) bond motifs is 2. The first-order chi connectivity index (χ1) is 13.2. The van der Waals surface area contributed by atoms with Gasteiger partial charge in [0.25, 0.3) is 11.7 Å². The lowest BCUT2D eigenvalue weighted by atomic mass is 10.1. The molecule has 1 fully saturated rings. The lowest BCUT2D eigenvalue weighted by molar-refractivity contribution is -0.0257. The lowest BCUT2D eigenvalue weighted by Crippen LogP contribution is -2.42. The van der Waals surface area contributed by atoms with Crippen LogP contribution in [-0.4, -0.2) is 50.1 Å². The first-order valence-corrected chi connectivity index (χ1v) is 8.74. The Bertz CT molecular complexity index is 1150. The van der Waals surface area contributed by atoms with Crippen molar-refractivity contribution >= 4 is 22.7 Å². The zero-order valence-electron chi connectivity index (χ0n) is 14.7. The standard InChI is InChI=1S/C19H17N5O3/c1-12-8-15(24-19(22-12)20-11-21-24)17-10-23(5-7-27-17)18(25)14-2-3-16-13(9-14)4-6-26-16/h2-4,6,8-9,11,17H,5,7,10H2,1H3/t17-/m0/s1. The Balaban J connectivity index is 1.44. The van der Waals surface area contributed by atoms with E-state index >= 15 is 0 Å². The van der Waals surface area contributed by atoms with Gasteiger partial charge < -0.3 is 14.1 Å². The van der Waals surface area contributed by atoms with E-state index in [0.29, 0.717) is 31.0 Å². The molecule has 4 heterocycles. The molecule has 1 aromatic carbocycles. The fourth-order valence-corrected chi connectivity index (χ4v) is 3.48. The maximum atomic E-state index is 13.0. The number of aromatic nitrogens is 4. The van der Waals surface area contributed by atoms with Gasteiger partial charge in [0.2, 0.25) is 0 Å². The molecule has 1 aliphatic rings. The van der Waals surface area contributed by atoms with Crippen molar-refractivity contribution in [3.63, 3.8) is 0 Å². The molecule has 1 atom stereocenters. The van der Waals surface area contributed by atoms with E-state index in [1.54, 1.807) is 16.8 Å². The maximum Gasteiger partial charge on any atom is 0.254 e. The van der Waals surface area contributed by atoms with Gasteiger partial charge in [-0.25, -0.2) is 4.98 Å². The molecule has 0 unspecified atom stereocenters. The van der Waals surface area contributed by atoms with E-state index in [-0.39, 0.29) is 12.0 Å². The molecule has 8 nitrogen and oxygen atoms in total. The molecule has 1 amide bonds. The number of hydrogen-bond donors (Lipinski definition) is 0. The normalized spacial score (nSPS) is 17.7. The number of morpholine rings is 1. The molecular formula is C19H17N5O3. The second-order valence-electron chi connectivity index (χ2n) is 6.58. The summed E-state index contributed by atoms with van der Waals surface area (Å²) in [5, 5.41) is 5.16. The average molecular weight is 363 g/mol. The quantitative estimate of drug-likeness (QED) is 0.544. The van der Waals surface area contributed by atoms with Gasteiger partial charge in [-0.05, 0) is 37.3 Å². The Hall–Kier alpha value is -3.26. The summed E-state index contributed by atoms with van der Waals surface area (Å²) in [7, 11) is 0. The first-order valence-electron chi connectivity index (χ1n) is 8.74. The number of carbonyl (C=O) groups excluding carboxylic acids is 1. The van der Waals surface area contributed by atoms with Crippen LogP contribution in [0.5, 0.6) is 0 Å². The molecule has 0 aliphatic carbocycles. The Labute approximate surface area is 154 Å². The minimum Gasteiger partial charge on any atom is -0.464 e. The number of furan rings is 1. The molecule has 0 radical (unpaired) electrons. The molecule has 1 saturated heterocycles. The van der Waals surface area contributed by atoms with Crippen LogP contribution in [0, 0.1) is 6.92 Å². The molecule has 0 N–H and O–H groups in total. The summed E-state index contributed by atoms with van der Waals surface area (Å²) in [5.41, 5.74) is 3.09. The second kappa shape index (κ2) is 6.17. The topological polar surface area (TPSA) is 85.8 Å². The minimum atomic E-state index is -0.286. The van der Waals surface area contributed by atoms with Crippen LogP contribution in [0.4, 0.5) is 0 Å². The number of hydrogen-bond acceptors (Lipinski definition) is 6. The number of rotatable bonds is 2. The highest BCUT2D eigenvalue weighted by atomic mass is 16.5. The predicted molar refractivity (Wildman–Crippen MR) is 96.3 cm³/mol. The van der Waals surface area contributed by atoms with E-state index < -0.39 is 0 Å². The molecule has 0 bridgehead atoms. The molecule has 27 heavy (non-hydrogen) atoms. The second-order valence-corrected chi connectivity index (χ2v) is 6.58. The molecule has 136 valence electrons. The van der Waals surface area contributed by atoms with Gasteiger partial charge in [0.15, 0.2) is 0 Å². The Morgan fingerprint density at radius 3 is 3.11 bits per heavy atom. The van der Waals surface area contributed by atoms with E-state index in [2.05, 4.69) is 15.1 Å². The number of amides is 1. The van der Waals surface area contributed by atoms with E-state index in [4.69, 9.17) is 9.15 Å². The largest absolute Gasteiger partial charge is 0.464 e. The molecule has 1 aliphatic heterocycles. The third-order valence-corrected chi connectivity index (χ3v) is 4.79. The number of aryl methyl sites for hydroxylation is 1. The summed E-state index contributed by atoms with van der Waals surface area (Å²) in [6.07, 6.45) is 2.81. The van der Waals surface area contributed by atoms with Crippen LogP contribution in [0.2, 0.25) is 0 Å². The van der Waals surface area contributed by atoms with Gasteiger partial charge in [-0.1, -0.05) is 0 Å². The Kier molecular flexibility index (Phi) is 3.64. The first kappa shape index (κ1) is 16.0. The molecule has 0 spiro atoms. The van der Waals surface area contributed by atoms with Crippen LogP contribution in [0.25, 0.3) is 16.7 Å². The van der Waals surface area contributed by atoms with Gasteiger partial charge in [0.05, 0.1) is 25.1 Å². The predicted octanol–water partition coefficient (Wildman–Crippen LogP) is 2.39. The van der Waals surface area contributed by atoms with Crippen molar-refractivity contribution in [3.8, 4) is 0 Å². The SMILES string of the molecule is Cc1cc([C@@H]2CN(C(=O)c3ccc4occc4c3)CCO2)n2ncnc2n1. The van der Waals surface area contributed by atoms with Crippen molar-refractivity contribution in [3.05, 3.63) is 59.9 Å². The molecule has 4 aromatic rings. The van der Waals surface area contributed by atoms with Crippen molar-refractivity contribution in [2.45, 2.75) is 13.0 Å². The number of ether oxygens (including phenoxy) is 1. The molecular weight excluding hydrogens is 346 g/mol. The fourth-order valence-electron chi connectivity index (χ4n) is 3.48. The van der Waals surface area contributed by atoms with Gasteiger partial charge in [-0.3, -0.25) is 4.79 Å². The molecule has 0 saturated carbocycles. The van der Waals surface area contributed by atoms with Gasteiger partial charge in [-0.2, -0.15) is 14.6 Å². The third kappa shape index (κ3) is 2.74. The summed E-state index contributed by atoms with van der Waals surface area (Å²) >= 11 is 0. The highest BCUT2D eigenvalue weighted by Crippen LogP contribution is 2.25. The van der Waals surface area contributed by atoms with Crippen LogP contribution in [0.1, 0.15) is 27.8 Å². The van der Waals surface area contributed by atoms with E-state index in [0.717, 1.165) is 22.4 Å². The summed E-state index contributed by atoms with van der Waals surface area (Å²) < 4.78 is 13.0. The van der Waals surface area contributed by atoms with Crippen molar-refractivity contribution in [2.24, 2.45) is 0 Å². The third-order valence-electron chi connectivity index (χ3n) is 4.79. The van der Waals surface area contributed by atoms with Crippen molar-refractivity contribution in [1.82, 2.24) is 24.5 Å². The van der Waals surface area contributed by atoms with Gasteiger partial charge >= 0.3 is 0 Å². The summed E-state index contributed by atoms with van der Waals surface area (Å²) in [6.45, 7) is 3.36. The number of carbonyl (C=O) groups is 1. The average Bonchev–Trinajstić information content (AvgIpc) is 3.35. The van der Waals surface area contributed by atoms with Crippen LogP contribution in [-0.2, 0) is 4.74 Å². The minimum absolute atomic E-state index is 0.0213. The molecule has 3 aromatic heterocycles.